The zero-order valence-corrected chi connectivity index (χ0v) is 58.8. The molecule has 0 aliphatic heterocycles. The molecule has 522 valence electrons. The molecule has 0 fully saturated rings. The Balaban J connectivity index is 5.23. The molecule has 0 amide bonds. The van der Waals surface area contributed by atoms with Crippen LogP contribution in [0.3, 0.4) is 0 Å². The molecule has 0 aliphatic rings. The summed E-state index contributed by atoms with van der Waals surface area (Å²) in [6, 6.07) is 0. The van der Waals surface area contributed by atoms with Gasteiger partial charge in [-0.15, -0.1) is 0 Å². The molecular formula is C69H134O17P2. The van der Waals surface area contributed by atoms with Crippen LogP contribution in [0.4, 0.5) is 0 Å². The van der Waals surface area contributed by atoms with Crippen LogP contribution in [0.25, 0.3) is 0 Å². The van der Waals surface area contributed by atoms with E-state index in [0.29, 0.717) is 25.7 Å². The van der Waals surface area contributed by atoms with Crippen molar-refractivity contribution in [2.45, 2.75) is 368 Å². The molecule has 17 nitrogen and oxygen atoms in total. The number of carbonyl (C=O) groups excluding carboxylic acids is 4. The molecule has 0 radical (unpaired) electrons. The van der Waals surface area contributed by atoms with Gasteiger partial charge in [-0.1, -0.05) is 298 Å². The Bertz CT molecular complexity index is 1720. The number of hydrogen-bond donors (Lipinski definition) is 3. The number of aliphatic hydroxyl groups excluding tert-OH is 1. The molecule has 2 unspecified atom stereocenters. The van der Waals surface area contributed by atoms with Crippen LogP contribution >= 0.6 is 15.6 Å². The number of esters is 4. The summed E-state index contributed by atoms with van der Waals surface area (Å²) in [4.78, 5) is 72.4. The number of unbranched alkanes of at least 4 members (excludes halogenated alkanes) is 38. The summed E-state index contributed by atoms with van der Waals surface area (Å²) in [6.45, 7) is 9.50. The van der Waals surface area contributed by atoms with Crippen LogP contribution in [0, 0.1) is 11.8 Å². The van der Waals surface area contributed by atoms with E-state index in [-0.39, 0.29) is 25.7 Å². The maximum Gasteiger partial charge on any atom is 0.472 e. The molecule has 5 atom stereocenters. The van der Waals surface area contributed by atoms with E-state index in [1.807, 2.05) is 0 Å². The van der Waals surface area contributed by atoms with Gasteiger partial charge in [-0.2, -0.15) is 0 Å². The normalized spacial score (nSPS) is 14.2. The number of phosphoric acid groups is 2. The van der Waals surface area contributed by atoms with Gasteiger partial charge in [0.05, 0.1) is 26.4 Å². The van der Waals surface area contributed by atoms with Crippen LogP contribution in [0.15, 0.2) is 0 Å². The highest BCUT2D eigenvalue weighted by Gasteiger charge is 2.30. The maximum atomic E-state index is 13.0. The second kappa shape index (κ2) is 61.3. The van der Waals surface area contributed by atoms with E-state index in [2.05, 4.69) is 41.5 Å². The van der Waals surface area contributed by atoms with Crippen molar-refractivity contribution in [1.82, 2.24) is 0 Å². The standard InChI is InChI=1S/C69H134O17P2/c1-7-9-11-13-15-17-18-19-23-28-34-40-46-52-67(72)80-58-65(85-68(73)53-47-41-35-29-24-21-20-22-26-31-37-43-49-61(3)4)60-84-88(77,78)82-56-63(70)55-81-87(75,76)83-59-64(57-79-66(71)51-45-39-33-16-14-12-10-8-2)86-69(74)54-48-42-36-30-25-27-32-38-44-50-62(5)6/h61-65,70H,7-60H2,1-6H3,(H,75,76)(H,77,78)/t63-,64+,65+/m0/s1. The molecular weight excluding hydrogens is 1160 g/mol. The van der Waals surface area contributed by atoms with Gasteiger partial charge in [0, 0.05) is 25.7 Å². The predicted octanol–water partition coefficient (Wildman–Crippen LogP) is 19.6. The van der Waals surface area contributed by atoms with Gasteiger partial charge in [0.2, 0.25) is 0 Å². The average molecular weight is 1300 g/mol. The first kappa shape index (κ1) is 86.1. The number of ether oxygens (including phenoxy) is 4. The van der Waals surface area contributed by atoms with Crippen molar-refractivity contribution in [1.29, 1.82) is 0 Å². The van der Waals surface area contributed by atoms with Crippen molar-refractivity contribution < 1.29 is 80.2 Å². The Morgan fingerprint density at radius 3 is 0.773 bits per heavy atom. The van der Waals surface area contributed by atoms with E-state index < -0.39 is 97.5 Å². The lowest BCUT2D eigenvalue weighted by atomic mass is 10.0. The SMILES string of the molecule is CCCCCCCCCCCCCCCC(=O)OC[C@H](COP(=O)(O)OC[C@@H](O)COP(=O)(O)OC[C@@H](COC(=O)CCCCCCCCCC)OC(=O)CCCCCCCCCCCC(C)C)OC(=O)CCCCCCCCCCCCCCC(C)C. The summed E-state index contributed by atoms with van der Waals surface area (Å²) in [5.74, 6) is -0.614. The highest BCUT2D eigenvalue weighted by atomic mass is 31.2. The third kappa shape index (κ3) is 62.8. The lowest BCUT2D eigenvalue weighted by Crippen LogP contribution is -2.30. The Hall–Kier alpha value is -1.94. The van der Waals surface area contributed by atoms with Crippen LogP contribution in [0.1, 0.15) is 350 Å². The van der Waals surface area contributed by atoms with E-state index in [4.69, 9.17) is 37.0 Å². The van der Waals surface area contributed by atoms with E-state index >= 15 is 0 Å². The Morgan fingerprint density at radius 1 is 0.307 bits per heavy atom. The molecule has 0 bridgehead atoms. The van der Waals surface area contributed by atoms with Gasteiger partial charge < -0.3 is 33.8 Å². The zero-order chi connectivity index (χ0) is 65.0. The van der Waals surface area contributed by atoms with Crippen molar-refractivity contribution in [3.05, 3.63) is 0 Å². The first-order valence-corrected chi connectivity index (χ1v) is 39.0. The predicted molar refractivity (Wildman–Crippen MR) is 354 cm³/mol. The first-order chi connectivity index (χ1) is 42.4. The highest BCUT2D eigenvalue weighted by Crippen LogP contribution is 2.45. The van der Waals surface area contributed by atoms with Gasteiger partial charge in [0.25, 0.3) is 0 Å². The molecule has 0 aromatic rings. The number of phosphoric ester groups is 2. The minimum Gasteiger partial charge on any atom is -0.462 e. The van der Waals surface area contributed by atoms with Crippen LogP contribution in [0.5, 0.6) is 0 Å². The van der Waals surface area contributed by atoms with Crippen molar-refractivity contribution >= 4 is 39.5 Å². The molecule has 0 saturated carbocycles. The molecule has 0 spiro atoms. The number of carbonyl (C=O) groups is 4. The average Bonchev–Trinajstić information content (AvgIpc) is 3.61. The number of aliphatic hydroxyl groups is 1. The summed E-state index contributed by atoms with van der Waals surface area (Å²) in [5, 5.41) is 10.6. The summed E-state index contributed by atoms with van der Waals surface area (Å²) < 4.78 is 68.2. The lowest BCUT2D eigenvalue weighted by molar-refractivity contribution is -0.161. The minimum absolute atomic E-state index is 0.105. The highest BCUT2D eigenvalue weighted by molar-refractivity contribution is 7.47. The lowest BCUT2D eigenvalue weighted by Gasteiger charge is -2.21. The van der Waals surface area contributed by atoms with Gasteiger partial charge in [-0.3, -0.25) is 37.3 Å². The van der Waals surface area contributed by atoms with Crippen molar-refractivity contribution in [2.24, 2.45) is 11.8 Å². The fourth-order valence-electron chi connectivity index (χ4n) is 10.4. The number of rotatable bonds is 68. The third-order valence-electron chi connectivity index (χ3n) is 16.0. The van der Waals surface area contributed by atoms with E-state index in [0.717, 1.165) is 108 Å². The second-order valence-electron chi connectivity index (χ2n) is 25.9. The van der Waals surface area contributed by atoms with Crippen molar-refractivity contribution in [3.63, 3.8) is 0 Å². The van der Waals surface area contributed by atoms with Crippen LogP contribution in [-0.4, -0.2) is 96.7 Å². The van der Waals surface area contributed by atoms with Gasteiger partial charge in [-0.05, 0) is 37.5 Å². The second-order valence-corrected chi connectivity index (χ2v) is 28.8. The third-order valence-corrected chi connectivity index (χ3v) is 17.9. The smallest absolute Gasteiger partial charge is 0.462 e. The fourth-order valence-corrected chi connectivity index (χ4v) is 12.0. The number of hydrogen-bond acceptors (Lipinski definition) is 15. The largest absolute Gasteiger partial charge is 0.472 e. The molecule has 0 rings (SSSR count). The maximum absolute atomic E-state index is 13.0. The topological polar surface area (TPSA) is 237 Å². The summed E-state index contributed by atoms with van der Waals surface area (Å²) >= 11 is 0. The molecule has 19 heteroatoms. The van der Waals surface area contributed by atoms with Crippen LogP contribution < -0.4 is 0 Å². The Kier molecular flexibility index (Phi) is 59.9. The van der Waals surface area contributed by atoms with Crippen molar-refractivity contribution in [2.75, 3.05) is 39.6 Å². The molecule has 88 heavy (non-hydrogen) atoms. The monoisotopic (exact) mass is 1300 g/mol. The molecule has 0 heterocycles. The van der Waals surface area contributed by atoms with E-state index in [1.54, 1.807) is 0 Å². The molecule has 3 N–H and O–H groups in total. The fraction of sp³-hybridized carbons (Fsp3) is 0.942. The molecule has 0 saturated heterocycles. The molecule has 0 aromatic carbocycles. The quantitative estimate of drug-likeness (QED) is 0.0222. The van der Waals surface area contributed by atoms with Crippen LogP contribution in [0.2, 0.25) is 0 Å². The Labute approximate surface area is 537 Å². The van der Waals surface area contributed by atoms with E-state index in [9.17, 15) is 43.2 Å². The van der Waals surface area contributed by atoms with Crippen LogP contribution in [-0.2, 0) is 65.4 Å². The van der Waals surface area contributed by atoms with Gasteiger partial charge in [-0.25, -0.2) is 9.13 Å². The summed E-state index contributed by atoms with van der Waals surface area (Å²) in [5.41, 5.74) is 0. The zero-order valence-electron chi connectivity index (χ0n) is 57.0. The van der Waals surface area contributed by atoms with Gasteiger partial charge in [0.1, 0.15) is 19.3 Å². The van der Waals surface area contributed by atoms with Crippen molar-refractivity contribution in [3.8, 4) is 0 Å². The summed E-state index contributed by atoms with van der Waals surface area (Å²) in [6.07, 6.45) is 45.8. The van der Waals surface area contributed by atoms with Gasteiger partial charge in [0.15, 0.2) is 12.2 Å². The Morgan fingerprint density at radius 2 is 0.523 bits per heavy atom. The van der Waals surface area contributed by atoms with E-state index in [1.165, 1.54) is 161 Å². The first-order valence-electron chi connectivity index (χ1n) is 36.0. The molecule has 0 aliphatic carbocycles. The minimum atomic E-state index is -4.95. The molecule has 0 aromatic heterocycles. The summed E-state index contributed by atoms with van der Waals surface area (Å²) in [7, 11) is -9.89. The van der Waals surface area contributed by atoms with Gasteiger partial charge >= 0.3 is 39.5 Å².